The summed E-state index contributed by atoms with van der Waals surface area (Å²) in [6.07, 6.45) is 3.26. The molecule has 1 amide bonds. The number of hydrogen-bond acceptors (Lipinski definition) is 8. The molecule has 1 aromatic carbocycles. The molecular weight excluding hydrogens is 406 g/mol. The van der Waals surface area contributed by atoms with Crippen LogP contribution in [-0.4, -0.2) is 41.1 Å². The van der Waals surface area contributed by atoms with Gasteiger partial charge in [0.25, 0.3) is 5.91 Å². The summed E-state index contributed by atoms with van der Waals surface area (Å²) in [6.45, 7) is 0. The van der Waals surface area contributed by atoms with Gasteiger partial charge in [-0.1, -0.05) is 29.9 Å². The molecule has 0 saturated heterocycles. The lowest BCUT2D eigenvalue weighted by atomic mass is 9.77. The monoisotopic (exact) mass is 425 g/mol. The Balaban J connectivity index is 1.61. The summed E-state index contributed by atoms with van der Waals surface area (Å²) in [6, 6.07) is 6.05. The van der Waals surface area contributed by atoms with Crippen LogP contribution in [0.15, 0.2) is 41.1 Å². The molecule has 1 aliphatic carbocycles. The number of carbonyl (C=O) groups excluding carboxylic acids is 3. The molecule has 2 aromatic rings. The minimum Gasteiger partial charge on any atom is -0.483 e. The van der Waals surface area contributed by atoms with Gasteiger partial charge in [-0.2, -0.15) is 0 Å². The molecule has 3 heterocycles. The number of carbonyl (C=O) groups is 3. The van der Waals surface area contributed by atoms with E-state index in [4.69, 9.17) is 9.47 Å². The lowest BCUT2D eigenvalue weighted by Gasteiger charge is -2.35. The van der Waals surface area contributed by atoms with E-state index in [1.807, 2.05) is 0 Å². The first kappa shape index (κ1) is 18.9. The van der Waals surface area contributed by atoms with Crippen LogP contribution in [0.2, 0.25) is 0 Å². The number of rotatable bonds is 3. The van der Waals surface area contributed by atoms with Crippen LogP contribution in [-0.2, 0) is 19.1 Å². The molecule has 0 spiro atoms. The summed E-state index contributed by atoms with van der Waals surface area (Å²) >= 11 is 1.22. The summed E-state index contributed by atoms with van der Waals surface area (Å²) in [7, 11) is 1.32. The number of amides is 1. The Bertz CT molecular complexity index is 1050. The minimum atomic E-state index is -0.664. The fourth-order valence-electron chi connectivity index (χ4n) is 4.55. The van der Waals surface area contributed by atoms with Crippen molar-refractivity contribution in [1.82, 2.24) is 10.2 Å². The number of nitrogens with zero attached hydrogens (tertiary/aromatic N) is 3. The highest BCUT2D eigenvalue weighted by Gasteiger charge is 2.53. The van der Waals surface area contributed by atoms with E-state index < -0.39 is 12.0 Å². The first-order valence-corrected chi connectivity index (χ1v) is 10.7. The fraction of sp³-hybridized carbons (Fsp3) is 0.381. The van der Waals surface area contributed by atoms with Crippen LogP contribution in [0, 0.1) is 5.92 Å². The Morgan fingerprint density at radius 2 is 1.97 bits per heavy atom. The van der Waals surface area contributed by atoms with Crippen molar-refractivity contribution in [2.45, 2.75) is 37.8 Å². The molecule has 1 aromatic heterocycles. The summed E-state index contributed by atoms with van der Waals surface area (Å²) < 4.78 is 10.9. The largest absolute Gasteiger partial charge is 0.483 e. The van der Waals surface area contributed by atoms with Crippen molar-refractivity contribution < 1.29 is 23.9 Å². The molecule has 3 unspecified atom stereocenters. The zero-order chi connectivity index (χ0) is 20.8. The second-order valence-corrected chi connectivity index (χ2v) is 8.38. The number of ether oxygens (including phenoxy) is 2. The van der Waals surface area contributed by atoms with Crippen LogP contribution < -0.4 is 4.90 Å². The topological polar surface area (TPSA) is 98.7 Å². The quantitative estimate of drug-likeness (QED) is 0.697. The zero-order valence-electron chi connectivity index (χ0n) is 16.2. The number of methoxy groups -OCH3 is 1. The number of benzene rings is 1. The molecule has 9 heteroatoms. The van der Waals surface area contributed by atoms with Gasteiger partial charge in [-0.15, -0.1) is 10.2 Å². The maximum absolute atomic E-state index is 13.5. The van der Waals surface area contributed by atoms with Gasteiger partial charge in [-0.05, 0) is 37.0 Å². The van der Waals surface area contributed by atoms with Crippen LogP contribution in [0.1, 0.15) is 47.6 Å². The van der Waals surface area contributed by atoms with E-state index in [0.717, 1.165) is 25.7 Å². The number of esters is 1. The van der Waals surface area contributed by atoms with Gasteiger partial charge in [0.1, 0.15) is 11.6 Å². The summed E-state index contributed by atoms with van der Waals surface area (Å²) in [5.41, 5.74) is 3.01. The fourth-order valence-corrected chi connectivity index (χ4v) is 5.13. The van der Waals surface area contributed by atoms with Crippen LogP contribution in [0.3, 0.4) is 0 Å². The Morgan fingerprint density at radius 3 is 2.67 bits per heavy atom. The van der Waals surface area contributed by atoms with E-state index in [-0.39, 0.29) is 29.5 Å². The van der Waals surface area contributed by atoms with Gasteiger partial charge in [0.2, 0.25) is 5.13 Å². The lowest BCUT2D eigenvalue weighted by molar-refractivity contribution is -0.131. The molecule has 154 valence electrons. The predicted octanol–water partition coefficient (Wildman–Crippen LogP) is 2.82. The molecule has 5 rings (SSSR count). The number of anilines is 1. The second-order valence-electron chi connectivity index (χ2n) is 7.57. The Labute approximate surface area is 176 Å². The standard InChI is InChI=1S/C21H19N3O5S/c1-28-20(27)12-8-6-11(7-9-12)16-15-17(25)13-4-2-3-5-14(13)29-18(15)19(26)24(16)21-23-22-10-30-21/h6-10,13-14,16H,2-5H2,1H3. The number of ketones is 1. The molecule has 3 aliphatic rings. The zero-order valence-corrected chi connectivity index (χ0v) is 17.1. The number of hydrogen-bond donors (Lipinski definition) is 0. The van der Waals surface area contributed by atoms with Crippen molar-refractivity contribution in [2.75, 3.05) is 12.0 Å². The molecule has 3 atom stereocenters. The van der Waals surface area contributed by atoms with Crippen LogP contribution in [0.4, 0.5) is 5.13 Å². The van der Waals surface area contributed by atoms with Crippen molar-refractivity contribution in [1.29, 1.82) is 0 Å². The Hall–Kier alpha value is -3.07. The van der Waals surface area contributed by atoms with Gasteiger partial charge in [0.05, 0.1) is 30.2 Å². The Morgan fingerprint density at radius 1 is 1.20 bits per heavy atom. The molecule has 1 fully saturated rings. The minimum absolute atomic E-state index is 0.0247. The molecule has 2 aliphatic heterocycles. The summed E-state index contributed by atoms with van der Waals surface area (Å²) in [5, 5.41) is 8.32. The van der Waals surface area contributed by atoms with Crippen LogP contribution in [0.25, 0.3) is 0 Å². The maximum Gasteiger partial charge on any atom is 0.337 e. The van der Waals surface area contributed by atoms with Crippen molar-refractivity contribution >= 4 is 34.1 Å². The lowest BCUT2D eigenvalue weighted by Crippen LogP contribution is -2.39. The van der Waals surface area contributed by atoms with Gasteiger partial charge in [0, 0.05) is 0 Å². The van der Waals surface area contributed by atoms with Crippen LogP contribution in [0.5, 0.6) is 0 Å². The van der Waals surface area contributed by atoms with Crippen molar-refractivity contribution in [3.63, 3.8) is 0 Å². The highest BCUT2D eigenvalue weighted by molar-refractivity contribution is 7.13. The van der Waals surface area contributed by atoms with E-state index in [1.165, 1.54) is 23.3 Å². The first-order valence-electron chi connectivity index (χ1n) is 9.83. The second kappa shape index (κ2) is 7.32. The highest BCUT2D eigenvalue weighted by atomic mass is 32.1. The third kappa shape index (κ3) is 2.84. The number of aromatic nitrogens is 2. The van der Waals surface area contributed by atoms with Crippen molar-refractivity contribution in [2.24, 2.45) is 5.92 Å². The third-order valence-corrected chi connectivity index (χ3v) is 6.65. The first-order chi connectivity index (χ1) is 14.6. The molecule has 1 saturated carbocycles. The van der Waals surface area contributed by atoms with Crippen molar-refractivity contribution in [3.05, 3.63) is 52.2 Å². The van der Waals surface area contributed by atoms with E-state index in [1.54, 1.807) is 29.8 Å². The van der Waals surface area contributed by atoms with Gasteiger partial charge in [0.15, 0.2) is 11.5 Å². The molecule has 0 bridgehead atoms. The highest BCUT2D eigenvalue weighted by Crippen LogP contribution is 2.48. The molecule has 0 radical (unpaired) electrons. The SMILES string of the molecule is COC(=O)c1ccc(C2C3=C(OC4CCCCC4C3=O)C(=O)N2c2nncs2)cc1. The molecule has 8 nitrogen and oxygen atoms in total. The smallest absolute Gasteiger partial charge is 0.337 e. The average molecular weight is 425 g/mol. The molecule has 30 heavy (non-hydrogen) atoms. The summed E-state index contributed by atoms with van der Waals surface area (Å²) in [4.78, 5) is 40.1. The van der Waals surface area contributed by atoms with E-state index in [2.05, 4.69) is 10.2 Å². The van der Waals surface area contributed by atoms with E-state index in [0.29, 0.717) is 21.8 Å². The normalized spacial score (nSPS) is 25.6. The molecular formula is C21H19N3O5S. The van der Waals surface area contributed by atoms with Crippen molar-refractivity contribution in [3.8, 4) is 0 Å². The number of Topliss-reactive ketones (excluding diaryl/α,β-unsaturated/α-hetero) is 1. The van der Waals surface area contributed by atoms with E-state index in [9.17, 15) is 14.4 Å². The Kier molecular flexibility index (Phi) is 4.62. The molecule has 0 N–H and O–H groups in total. The van der Waals surface area contributed by atoms with E-state index >= 15 is 0 Å². The predicted molar refractivity (Wildman–Crippen MR) is 107 cm³/mol. The summed E-state index contributed by atoms with van der Waals surface area (Å²) in [5.74, 6) is -0.950. The average Bonchev–Trinajstić information content (AvgIpc) is 3.40. The number of fused-ring (bicyclic) bond motifs is 1. The van der Waals surface area contributed by atoms with Gasteiger partial charge >= 0.3 is 5.97 Å². The van der Waals surface area contributed by atoms with Gasteiger partial charge in [-0.3, -0.25) is 14.5 Å². The maximum atomic E-state index is 13.5. The third-order valence-electron chi connectivity index (χ3n) is 5.97. The van der Waals surface area contributed by atoms with Gasteiger partial charge < -0.3 is 9.47 Å². The van der Waals surface area contributed by atoms with Gasteiger partial charge in [-0.25, -0.2) is 4.79 Å². The van der Waals surface area contributed by atoms with Crippen LogP contribution >= 0.6 is 11.3 Å².